The van der Waals surface area contributed by atoms with Gasteiger partial charge in [-0.2, -0.15) is 0 Å². The minimum atomic E-state index is -1.34. The highest BCUT2D eigenvalue weighted by Crippen LogP contribution is 2.62. The van der Waals surface area contributed by atoms with Crippen molar-refractivity contribution < 1.29 is 28.1 Å². The minimum absolute atomic E-state index is 0.0373. The molecule has 13 heteroatoms. The van der Waals surface area contributed by atoms with E-state index in [1.807, 2.05) is 28.8 Å². The van der Waals surface area contributed by atoms with Crippen LogP contribution in [-0.2, 0) is 23.3 Å². The van der Waals surface area contributed by atoms with Gasteiger partial charge in [-0.3, -0.25) is 9.36 Å². The maximum absolute atomic E-state index is 12.9. The lowest BCUT2D eigenvalue weighted by Crippen LogP contribution is -2.37. The predicted octanol–water partition coefficient (Wildman–Crippen LogP) is 5.27. The van der Waals surface area contributed by atoms with Crippen LogP contribution in [0.5, 0.6) is 0 Å². The van der Waals surface area contributed by atoms with Crippen LogP contribution in [0, 0.1) is 0 Å². The third-order valence-corrected chi connectivity index (χ3v) is 10.3. The molecule has 5 heterocycles. The highest BCUT2D eigenvalue weighted by molar-refractivity contribution is 7.45. The van der Waals surface area contributed by atoms with Gasteiger partial charge in [-0.1, -0.05) is 55.5 Å². The number of carbonyl (C=O) groups is 1. The van der Waals surface area contributed by atoms with E-state index in [-0.39, 0.29) is 24.2 Å². The molecule has 3 fully saturated rings. The van der Waals surface area contributed by atoms with E-state index in [4.69, 9.17) is 23.3 Å². The summed E-state index contributed by atoms with van der Waals surface area (Å²) in [5.74, 6) is 0.0348. The first-order chi connectivity index (χ1) is 22.2. The van der Waals surface area contributed by atoms with Crippen LogP contribution in [0.3, 0.4) is 0 Å². The van der Waals surface area contributed by atoms with E-state index in [2.05, 4.69) is 56.1 Å². The summed E-state index contributed by atoms with van der Waals surface area (Å²) in [6, 6.07) is 19.6. The molecule has 4 aromatic rings. The van der Waals surface area contributed by atoms with Gasteiger partial charge in [0.05, 0.1) is 25.6 Å². The van der Waals surface area contributed by atoms with E-state index < -0.39 is 27.0 Å². The molecule has 3 aliphatic heterocycles. The van der Waals surface area contributed by atoms with Crippen LogP contribution in [-0.4, -0.2) is 81.3 Å². The second-order valence-corrected chi connectivity index (χ2v) is 12.7. The minimum Gasteiger partial charge on any atom is -0.382 e. The molecule has 7 rings (SSSR count). The van der Waals surface area contributed by atoms with Gasteiger partial charge < -0.3 is 28.6 Å². The fourth-order valence-corrected chi connectivity index (χ4v) is 8.36. The van der Waals surface area contributed by atoms with Crippen LogP contribution in [0.4, 0.5) is 5.82 Å². The molecule has 0 bridgehead atoms. The molecule has 3 saturated heterocycles. The lowest BCUT2D eigenvalue weighted by atomic mass is 10.0. The van der Waals surface area contributed by atoms with E-state index in [0.29, 0.717) is 42.2 Å². The van der Waals surface area contributed by atoms with Gasteiger partial charge in [0, 0.05) is 25.3 Å². The first-order valence-corrected chi connectivity index (χ1v) is 16.5. The summed E-state index contributed by atoms with van der Waals surface area (Å²) in [7, 11) is 0.305. The van der Waals surface area contributed by atoms with Crippen molar-refractivity contribution in [2.24, 2.45) is 0 Å². The lowest BCUT2D eigenvalue weighted by molar-refractivity contribution is -0.0749. The van der Waals surface area contributed by atoms with Crippen molar-refractivity contribution in [1.82, 2.24) is 24.2 Å². The number of anilines is 1. The van der Waals surface area contributed by atoms with Crippen LogP contribution < -0.4 is 5.32 Å². The maximum Gasteiger partial charge on any atom is 0.260 e. The fourth-order valence-electron chi connectivity index (χ4n) is 6.36. The number of benzene rings is 2. The van der Waals surface area contributed by atoms with E-state index in [1.165, 1.54) is 11.9 Å². The van der Waals surface area contributed by atoms with Crippen LogP contribution in [0.15, 0.2) is 73.3 Å². The highest BCUT2D eigenvalue weighted by atomic mass is 31.2. The summed E-state index contributed by atoms with van der Waals surface area (Å²) in [6.07, 6.45) is 4.16. The number of carbonyl (C=O) groups excluding carboxylic acids is 1. The Labute approximate surface area is 263 Å². The van der Waals surface area contributed by atoms with Gasteiger partial charge in [0.1, 0.15) is 24.6 Å². The largest absolute Gasteiger partial charge is 0.382 e. The van der Waals surface area contributed by atoms with Gasteiger partial charge in [0.25, 0.3) is 14.4 Å². The number of hydrogen-bond acceptors (Lipinski definition) is 10. The normalized spacial score (nSPS) is 28.1. The van der Waals surface area contributed by atoms with Gasteiger partial charge in [-0.25, -0.2) is 19.6 Å². The number of rotatable bonds is 11. The number of fused-ring (bicyclic) bond motifs is 2. The molecular weight excluding hydrogens is 595 g/mol. The number of aromatic nitrogens is 4. The number of hydrogen-bond donors (Lipinski definition) is 1. The van der Waals surface area contributed by atoms with Gasteiger partial charge >= 0.3 is 0 Å². The monoisotopic (exact) mass is 632 g/mol. The zero-order valence-electron chi connectivity index (χ0n) is 25.3. The number of amides is 1. The molecule has 1 amide bonds. The summed E-state index contributed by atoms with van der Waals surface area (Å²) in [6.45, 7) is 3.79. The number of ether oxygens (including phenoxy) is 3. The molecule has 3 aliphatic rings. The molecule has 45 heavy (non-hydrogen) atoms. The third kappa shape index (κ3) is 5.99. The van der Waals surface area contributed by atoms with Gasteiger partial charge in [-0.15, -0.1) is 0 Å². The molecule has 0 aliphatic carbocycles. The molecule has 2 aromatic heterocycles. The predicted molar refractivity (Wildman–Crippen MR) is 167 cm³/mol. The molecule has 0 radical (unpaired) electrons. The molecule has 1 N–H and O–H groups in total. The summed E-state index contributed by atoms with van der Waals surface area (Å²) in [5.41, 5.74) is 2.66. The van der Waals surface area contributed by atoms with E-state index >= 15 is 0 Å². The Morgan fingerprint density at radius 1 is 1.04 bits per heavy atom. The van der Waals surface area contributed by atoms with E-state index in [9.17, 15) is 4.79 Å². The SMILES string of the molecule is CC[C@H]1O[C@@H](n2cnc3c(NC(=O)c4ccccc4)ncnc32)C(OCCOC)[C@H]1OP1O[C@H](c2ccccc2)[C@@H]2CCCN21. The first-order valence-electron chi connectivity index (χ1n) is 15.4. The molecule has 236 valence electrons. The Morgan fingerprint density at radius 2 is 1.84 bits per heavy atom. The van der Waals surface area contributed by atoms with Crippen molar-refractivity contribution in [2.45, 2.75) is 62.9 Å². The topological polar surface area (TPSA) is 122 Å². The molecular formula is C32H37N6O6P. The maximum atomic E-state index is 12.9. The number of nitrogens with one attached hydrogen (secondary N) is 1. The van der Waals surface area contributed by atoms with Crippen molar-refractivity contribution in [3.05, 3.63) is 84.4 Å². The van der Waals surface area contributed by atoms with Crippen molar-refractivity contribution in [3.8, 4) is 0 Å². The molecule has 2 aromatic carbocycles. The Morgan fingerprint density at radius 3 is 2.62 bits per heavy atom. The smallest absolute Gasteiger partial charge is 0.260 e. The highest BCUT2D eigenvalue weighted by Gasteiger charge is 2.53. The van der Waals surface area contributed by atoms with E-state index in [1.54, 1.807) is 25.6 Å². The summed E-state index contributed by atoms with van der Waals surface area (Å²) in [4.78, 5) is 26.4. The van der Waals surface area contributed by atoms with E-state index in [0.717, 1.165) is 19.4 Å². The molecule has 7 atom stereocenters. The van der Waals surface area contributed by atoms with Crippen LogP contribution in [0.2, 0.25) is 0 Å². The summed E-state index contributed by atoms with van der Waals surface area (Å²) in [5, 5.41) is 2.88. The average molecular weight is 633 g/mol. The Balaban J connectivity index is 1.16. The summed E-state index contributed by atoms with van der Waals surface area (Å²) < 4.78 is 36.3. The van der Waals surface area contributed by atoms with Crippen LogP contribution in [0.25, 0.3) is 11.2 Å². The average Bonchev–Trinajstić information content (AvgIpc) is 3.86. The third-order valence-electron chi connectivity index (χ3n) is 8.56. The van der Waals surface area contributed by atoms with Crippen molar-refractivity contribution in [2.75, 3.05) is 32.2 Å². The Hall–Kier alpha value is -3.35. The van der Waals surface area contributed by atoms with Gasteiger partial charge in [0.2, 0.25) is 0 Å². The molecule has 0 spiro atoms. The Kier molecular flexibility index (Phi) is 9.13. The summed E-state index contributed by atoms with van der Waals surface area (Å²) >= 11 is 0. The lowest BCUT2D eigenvalue weighted by Gasteiger charge is -2.29. The van der Waals surface area contributed by atoms with Gasteiger partial charge in [0.15, 0.2) is 23.2 Å². The number of imidazole rings is 1. The number of nitrogens with zero attached hydrogens (tertiary/aromatic N) is 5. The van der Waals surface area contributed by atoms with Gasteiger partial charge in [-0.05, 0) is 37.0 Å². The fraction of sp³-hybridized carbons (Fsp3) is 0.438. The standard InChI is InChI=1S/C32H37N6O6P/c1-3-24-27(44-45-38-16-10-15-23(38)26(43-45)21-11-6-4-7-12-21)28(41-18-17-40-2)32(42-24)37-20-35-25-29(33-19-34-30(25)37)36-31(39)22-13-8-5-9-14-22/h4-9,11-14,19-20,23-24,26-28,32H,3,10,15-18H2,1-2H3,(H,33,34,36,39)/t23-,24+,26+,27-,28?,32+,45?/m0/s1. The van der Waals surface area contributed by atoms with Crippen LogP contribution >= 0.6 is 8.53 Å². The zero-order chi connectivity index (χ0) is 30.8. The molecule has 12 nitrogen and oxygen atoms in total. The van der Waals surface area contributed by atoms with Crippen molar-refractivity contribution in [1.29, 1.82) is 0 Å². The zero-order valence-corrected chi connectivity index (χ0v) is 26.2. The van der Waals surface area contributed by atoms with Crippen molar-refractivity contribution in [3.63, 3.8) is 0 Å². The molecule has 2 unspecified atom stereocenters. The number of methoxy groups -OCH3 is 1. The van der Waals surface area contributed by atoms with Crippen LogP contribution in [0.1, 0.15) is 54.4 Å². The quantitative estimate of drug-likeness (QED) is 0.173. The Bertz CT molecular complexity index is 1600. The van der Waals surface area contributed by atoms with Crippen molar-refractivity contribution >= 4 is 31.4 Å². The second kappa shape index (κ2) is 13.6. The second-order valence-electron chi connectivity index (χ2n) is 11.3. The molecule has 0 saturated carbocycles. The first kappa shape index (κ1) is 30.3.